The molecule has 0 aromatic carbocycles. The molecule has 5 heteroatoms. The number of rotatable bonds is 4. The van der Waals surface area contributed by atoms with Crippen molar-refractivity contribution in [1.29, 1.82) is 0 Å². The fraction of sp³-hybridized carbons (Fsp3) is 0.688. The van der Waals surface area contributed by atoms with Gasteiger partial charge in [0.15, 0.2) is 5.96 Å². The summed E-state index contributed by atoms with van der Waals surface area (Å²) in [5, 5.41) is 7.00. The molecule has 3 rings (SSSR count). The molecule has 3 atom stereocenters. The lowest BCUT2D eigenvalue weighted by Gasteiger charge is -2.54. The quantitative estimate of drug-likeness (QED) is 0.652. The first-order chi connectivity index (χ1) is 10.1. The minimum atomic E-state index is 0.180. The van der Waals surface area contributed by atoms with Crippen LogP contribution in [0.1, 0.15) is 20.3 Å². The summed E-state index contributed by atoms with van der Waals surface area (Å²) in [6, 6.07) is 4.54. The number of fused-ring (bicyclic) bond motifs is 1. The molecular formula is C16H26N4O. The van der Waals surface area contributed by atoms with Gasteiger partial charge in [-0.2, -0.15) is 0 Å². The molecule has 1 aromatic rings. The first-order valence-corrected chi connectivity index (χ1v) is 7.82. The Hall–Kier alpha value is -1.49. The molecule has 1 saturated heterocycles. The number of aromatic nitrogens is 1. The maximum absolute atomic E-state index is 5.84. The van der Waals surface area contributed by atoms with Gasteiger partial charge < -0.3 is 19.9 Å². The summed E-state index contributed by atoms with van der Waals surface area (Å²) in [7, 11) is 1.83. The molecule has 2 heterocycles. The third-order valence-electron chi connectivity index (χ3n) is 4.94. The average Bonchev–Trinajstić information content (AvgIpc) is 3.12. The Morgan fingerprint density at radius 2 is 2.14 bits per heavy atom. The molecule has 2 N–H and O–H groups in total. The third-order valence-corrected chi connectivity index (χ3v) is 4.94. The monoisotopic (exact) mass is 290 g/mol. The van der Waals surface area contributed by atoms with Crippen molar-refractivity contribution in [1.82, 2.24) is 15.2 Å². The second kappa shape index (κ2) is 5.72. The summed E-state index contributed by atoms with van der Waals surface area (Å²) in [5.74, 6) is 1.52. The van der Waals surface area contributed by atoms with E-state index in [0.717, 1.165) is 32.1 Å². The van der Waals surface area contributed by atoms with Crippen LogP contribution in [-0.4, -0.2) is 42.9 Å². The lowest BCUT2D eigenvalue weighted by Crippen LogP contribution is -2.68. The fourth-order valence-corrected chi connectivity index (χ4v) is 3.78. The summed E-state index contributed by atoms with van der Waals surface area (Å²) < 4.78 is 8.00. The Kier molecular flexibility index (Phi) is 3.93. The number of hydrogen-bond acceptors (Lipinski definition) is 2. The van der Waals surface area contributed by atoms with Crippen LogP contribution >= 0.6 is 0 Å². The smallest absolute Gasteiger partial charge is 0.191 e. The fourth-order valence-electron chi connectivity index (χ4n) is 3.78. The number of ether oxygens (including phenoxy) is 1. The topological polar surface area (TPSA) is 50.6 Å². The Labute approximate surface area is 126 Å². The zero-order valence-corrected chi connectivity index (χ0v) is 13.2. The van der Waals surface area contributed by atoms with Crippen LogP contribution in [0.3, 0.4) is 0 Å². The van der Waals surface area contributed by atoms with E-state index in [4.69, 9.17) is 4.74 Å². The molecule has 0 radical (unpaired) electrons. The predicted molar refractivity (Wildman–Crippen MR) is 84.3 cm³/mol. The minimum Gasteiger partial charge on any atom is -0.377 e. The normalized spacial score (nSPS) is 30.6. The molecule has 21 heavy (non-hydrogen) atoms. The Morgan fingerprint density at radius 3 is 2.86 bits per heavy atom. The van der Waals surface area contributed by atoms with Crippen molar-refractivity contribution in [3.05, 3.63) is 24.5 Å². The Balaban J connectivity index is 1.51. The van der Waals surface area contributed by atoms with Crippen molar-refractivity contribution in [2.24, 2.45) is 16.3 Å². The van der Waals surface area contributed by atoms with Crippen LogP contribution in [0, 0.1) is 11.3 Å². The van der Waals surface area contributed by atoms with Gasteiger partial charge in [-0.25, -0.2) is 0 Å². The number of nitrogens with zero attached hydrogens (tertiary/aromatic N) is 2. The molecule has 1 aliphatic heterocycles. The zero-order valence-electron chi connectivity index (χ0n) is 13.2. The van der Waals surface area contributed by atoms with Crippen LogP contribution in [0.25, 0.3) is 0 Å². The largest absolute Gasteiger partial charge is 0.377 e. The molecule has 5 nitrogen and oxygen atoms in total. The van der Waals surface area contributed by atoms with Crippen LogP contribution in [0.15, 0.2) is 29.5 Å². The molecule has 2 aliphatic rings. The van der Waals surface area contributed by atoms with Gasteiger partial charge >= 0.3 is 0 Å². The van der Waals surface area contributed by atoms with Crippen molar-refractivity contribution < 1.29 is 4.74 Å². The lowest BCUT2D eigenvalue weighted by molar-refractivity contribution is -0.106. The average molecular weight is 290 g/mol. The lowest BCUT2D eigenvalue weighted by atomic mass is 9.57. The molecule has 116 valence electrons. The van der Waals surface area contributed by atoms with Crippen molar-refractivity contribution >= 4 is 5.96 Å². The highest BCUT2D eigenvalue weighted by atomic mass is 16.5. The summed E-state index contributed by atoms with van der Waals surface area (Å²) in [6.45, 7) is 7.27. The van der Waals surface area contributed by atoms with Gasteiger partial charge in [0.2, 0.25) is 0 Å². The maximum atomic E-state index is 5.84. The minimum absolute atomic E-state index is 0.180. The number of hydrogen-bond donors (Lipinski definition) is 2. The van der Waals surface area contributed by atoms with E-state index in [1.54, 1.807) is 0 Å². The highest BCUT2D eigenvalue weighted by Crippen LogP contribution is 2.51. The van der Waals surface area contributed by atoms with E-state index < -0.39 is 0 Å². The van der Waals surface area contributed by atoms with E-state index in [2.05, 4.69) is 46.4 Å². The predicted octanol–water partition coefficient (Wildman–Crippen LogP) is 1.47. The summed E-state index contributed by atoms with van der Waals surface area (Å²) in [5.41, 5.74) is 0.180. The van der Waals surface area contributed by atoms with Gasteiger partial charge in [0.1, 0.15) is 0 Å². The van der Waals surface area contributed by atoms with Gasteiger partial charge in [-0.1, -0.05) is 13.8 Å². The van der Waals surface area contributed by atoms with Gasteiger partial charge in [0.05, 0.1) is 6.10 Å². The molecule has 1 aromatic heterocycles. The summed E-state index contributed by atoms with van der Waals surface area (Å²) in [4.78, 5) is 4.35. The van der Waals surface area contributed by atoms with Gasteiger partial charge in [-0.3, -0.25) is 4.99 Å². The highest BCUT2D eigenvalue weighted by molar-refractivity contribution is 5.80. The van der Waals surface area contributed by atoms with Gasteiger partial charge in [0, 0.05) is 56.5 Å². The second-order valence-electron chi connectivity index (χ2n) is 6.61. The van der Waals surface area contributed by atoms with E-state index in [-0.39, 0.29) is 5.41 Å². The van der Waals surface area contributed by atoms with Crippen LogP contribution in [0.4, 0.5) is 0 Å². The highest BCUT2D eigenvalue weighted by Gasteiger charge is 2.59. The maximum Gasteiger partial charge on any atom is 0.191 e. The zero-order chi connectivity index (χ0) is 14.9. The van der Waals surface area contributed by atoms with Crippen molar-refractivity contribution in [3.8, 4) is 0 Å². The van der Waals surface area contributed by atoms with Crippen molar-refractivity contribution in [3.63, 3.8) is 0 Å². The number of nitrogens with one attached hydrogen (secondary N) is 2. The summed E-state index contributed by atoms with van der Waals surface area (Å²) in [6.07, 6.45) is 5.72. The van der Waals surface area contributed by atoms with E-state index in [1.807, 2.05) is 19.2 Å². The Bertz CT molecular complexity index is 494. The van der Waals surface area contributed by atoms with Gasteiger partial charge in [-0.05, 0) is 18.6 Å². The van der Waals surface area contributed by atoms with Crippen LogP contribution in [-0.2, 0) is 11.3 Å². The van der Waals surface area contributed by atoms with Crippen LogP contribution < -0.4 is 10.6 Å². The van der Waals surface area contributed by atoms with Gasteiger partial charge in [-0.15, -0.1) is 0 Å². The van der Waals surface area contributed by atoms with E-state index in [9.17, 15) is 0 Å². The standard InChI is InChI=1S/C16H26N4O/c1-16(2)13(12-6-11-21-14(12)16)19-15(17-3)18-7-10-20-8-4-5-9-20/h4-5,8-9,12-14H,6-7,10-11H2,1-3H3,(H2,17,18,19). The molecule has 3 unspecified atom stereocenters. The third kappa shape index (κ3) is 2.67. The summed E-state index contributed by atoms with van der Waals surface area (Å²) >= 11 is 0. The molecule has 0 bridgehead atoms. The molecule has 1 aliphatic carbocycles. The number of guanidine groups is 1. The van der Waals surface area contributed by atoms with Crippen LogP contribution in [0.2, 0.25) is 0 Å². The first-order valence-electron chi connectivity index (χ1n) is 7.82. The molecule has 0 spiro atoms. The van der Waals surface area contributed by atoms with E-state index in [0.29, 0.717) is 18.1 Å². The molecule has 0 amide bonds. The van der Waals surface area contributed by atoms with Crippen molar-refractivity contribution in [2.75, 3.05) is 20.2 Å². The van der Waals surface area contributed by atoms with E-state index >= 15 is 0 Å². The van der Waals surface area contributed by atoms with Crippen molar-refractivity contribution in [2.45, 2.75) is 39.0 Å². The number of aliphatic imine (C=N–C) groups is 1. The first kappa shape index (κ1) is 14.4. The SMILES string of the molecule is CN=C(NCCn1cccc1)NC1C2CCOC2C1(C)C. The Morgan fingerprint density at radius 1 is 1.38 bits per heavy atom. The second-order valence-corrected chi connectivity index (χ2v) is 6.61. The molecule has 1 saturated carbocycles. The molecule has 2 fully saturated rings. The molecular weight excluding hydrogens is 264 g/mol. The van der Waals surface area contributed by atoms with Crippen LogP contribution in [0.5, 0.6) is 0 Å². The van der Waals surface area contributed by atoms with E-state index in [1.165, 1.54) is 0 Å². The van der Waals surface area contributed by atoms with Gasteiger partial charge in [0.25, 0.3) is 0 Å².